The first-order valence-corrected chi connectivity index (χ1v) is 13.3. The van der Waals surface area contributed by atoms with Crippen LogP contribution in [0.25, 0.3) is 11.2 Å². The van der Waals surface area contributed by atoms with E-state index in [0.29, 0.717) is 11.2 Å². The van der Waals surface area contributed by atoms with Crippen LogP contribution in [0.1, 0.15) is 26.0 Å². The third-order valence-electron chi connectivity index (χ3n) is 4.59. The smallest absolute Gasteiger partial charge is 0.390 e. The monoisotopic (exact) mass is 519 g/mol. The largest absolute Gasteiger partial charge is 0.490 e. The first kappa shape index (κ1) is 25.3. The summed E-state index contributed by atoms with van der Waals surface area (Å²) >= 11 is 0. The number of imidazole rings is 1. The van der Waals surface area contributed by atoms with E-state index in [4.69, 9.17) is 20.3 Å². The summed E-state index contributed by atoms with van der Waals surface area (Å²) in [6.07, 6.45) is 0.549. The summed E-state index contributed by atoms with van der Waals surface area (Å²) in [5.74, 6) is 0.127. The second kappa shape index (κ2) is 8.80. The first-order valence-electron chi connectivity index (χ1n) is 8.74. The molecule has 1 saturated heterocycles. The number of fused-ring (bicyclic) bond motifs is 1. The fraction of sp³-hybridized carbons (Fsp3) is 0.583. The van der Waals surface area contributed by atoms with E-state index in [2.05, 4.69) is 28.1 Å². The lowest BCUT2D eigenvalue weighted by atomic mass is 9.95. The maximum absolute atomic E-state index is 12.0. The number of aliphatic hydroxyl groups is 1. The van der Waals surface area contributed by atoms with Crippen LogP contribution in [0.2, 0.25) is 0 Å². The zero-order chi connectivity index (χ0) is 23.9. The van der Waals surface area contributed by atoms with Gasteiger partial charge in [-0.1, -0.05) is 6.92 Å². The van der Waals surface area contributed by atoms with Gasteiger partial charge in [0.1, 0.15) is 23.7 Å². The maximum Gasteiger partial charge on any atom is 0.490 e. The Bertz CT molecular complexity index is 1140. The molecule has 1 fully saturated rings. The number of nitrogens with two attached hydrogens (primary N) is 1. The number of aliphatic hydroxyl groups excluding tert-OH is 1. The van der Waals surface area contributed by atoms with Gasteiger partial charge in [-0.3, -0.25) is 9.09 Å². The van der Waals surface area contributed by atoms with Gasteiger partial charge in [0.25, 0.3) is 0 Å². The van der Waals surface area contributed by atoms with Crippen molar-refractivity contribution in [1.29, 1.82) is 0 Å². The van der Waals surface area contributed by atoms with Crippen LogP contribution in [-0.4, -0.2) is 62.5 Å². The molecular weight excluding hydrogens is 499 g/mol. The van der Waals surface area contributed by atoms with Crippen molar-refractivity contribution in [2.24, 2.45) is 0 Å². The highest BCUT2D eigenvalue weighted by Crippen LogP contribution is 2.66. The molecule has 0 radical (unpaired) electrons. The lowest BCUT2D eigenvalue weighted by Crippen LogP contribution is -2.43. The number of hydrogen-bond donors (Lipinski definition) is 6. The summed E-state index contributed by atoms with van der Waals surface area (Å²) in [5, 5.41) is 10.6. The number of ether oxygens (including phenoxy) is 1. The lowest BCUT2D eigenvalue weighted by molar-refractivity contribution is -0.126. The molecule has 0 spiro atoms. The van der Waals surface area contributed by atoms with E-state index >= 15 is 0 Å². The molecule has 1 aliphatic rings. The van der Waals surface area contributed by atoms with Crippen LogP contribution < -0.4 is 5.73 Å². The van der Waals surface area contributed by atoms with Crippen LogP contribution in [0.4, 0.5) is 5.82 Å². The van der Waals surface area contributed by atoms with Crippen molar-refractivity contribution in [3.05, 3.63) is 12.7 Å². The third kappa shape index (κ3) is 5.59. The molecular formula is C12H20N5O12P3. The molecule has 2 aromatic rings. The summed E-state index contributed by atoms with van der Waals surface area (Å²) in [7, 11) is -16.6. The summed E-state index contributed by atoms with van der Waals surface area (Å²) in [5.41, 5.74) is 4.80. The van der Waals surface area contributed by atoms with Crippen molar-refractivity contribution in [2.75, 3.05) is 12.3 Å². The van der Waals surface area contributed by atoms with E-state index in [0.717, 1.165) is 0 Å². The average Bonchev–Trinajstić information content (AvgIpc) is 3.19. The molecule has 3 heterocycles. The Labute approximate surface area is 179 Å². The van der Waals surface area contributed by atoms with Crippen LogP contribution in [0.5, 0.6) is 0 Å². The van der Waals surface area contributed by atoms with Gasteiger partial charge in [-0.25, -0.2) is 28.6 Å². The Morgan fingerprint density at radius 3 is 2.50 bits per heavy atom. The molecule has 0 aromatic carbocycles. The van der Waals surface area contributed by atoms with Gasteiger partial charge < -0.3 is 35.2 Å². The third-order valence-corrected chi connectivity index (χ3v) is 8.37. The summed E-state index contributed by atoms with van der Waals surface area (Å²) in [4.78, 5) is 48.0. The first-order chi connectivity index (χ1) is 14.7. The highest BCUT2D eigenvalue weighted by molar-refractivity contribution is 7.66. The van der Waals surface area contributed by atoms with Gasteiger partial charge >= 0.3 is 23.5 Å². The topological polar surface area (TPSA) is 259 Å². The summed E-state index contributed by atoms with van der Waals surface area (Å²) in [6.45, 7) is 0.784. The minimum absolute atomic E-state index is 0.0109. The van der Waals surface area contributed by atoms with Crippen LogP contribution >= 0.6 is 23.5 Å². The van der Waals surface area contributed by atoms with E-state index in [1.807, 2.05) is 0 Å². The summed E-state index contributed by atoms with van der Waals surface area (Å²) in [6, 6.07) is 0. The standard InChI is InChI=1S/C12H20N5O12P3/c1-2-12(4-26-31(22,23)29-32(24,25)28-30(19,20)21)7(18)3-8(27-12)17-6-16-9-10(13)14-5-15-11(9)17/h5-8,18H,2-4H2,1H3,(H,22,23)(H,24,25)(H2,13,14,15)(H2,19,20,21)/t7-,8+,12+/m0/s1. The van der Waals surface area contributed by atoms with Crippen molar-refractivity contribution in [3.63, 3.8) is 0 Å². The van der Waals surface area contributed by atoms with E-state index in [9.17, 15) is 28.6 Å². The lowest BCUT2D eigenvalue weighted by Gasteiger charge is -2.31. The number of nitrogens with zero attached hydrogens (tertiary/aromatic N) is 4. The molecule has 0 bridgehead atoms. The number of phosphoric ester groups is 1. The van der Waals surface area contributed by atoms with Gasteiger partial charge in [-0.15, -0.1) is 0 Å². The average molecular weight is 519 g/mol. The van der Waals surface area contributed by atoms with Crippen molar-refractivity contribution in [1.82, 2.24) is 19.5 Å². The summed E-state index contributed by atoms with van der Waals surface area (Å²) < 4.78 is 53.5. The van der Waals surface area contributed by atoms with Gasteiger partial charge in [-0.2, -0.15) is 8.62 Å². The molecule has 17 nitrogen and oxygen atoms in total. The minimum Gasteiger partial charge on any atom is -0.390 e. The Morgan fingerprint density at radius 2 is 1.88 bits per heavy atom. The predicted molar refractivity (Wildman–Crippen MR) is 103 cm³/mol. The molecule has 1 aliphatic heterocycles. The van der Waals surface area contributed by atoms with Gasteiger partial charge in [0.15, 0.2) is 11.5 Å². The van der Waals surface area contributed by atoms with Crippen LogP contribution in [-0.2, 0) is 31.6 Å². The van der Waals surface area contributed by atoms with Gasteiger partial charge in [0.2, 0.25) is 0 Å². The number of hydrogen-bond acceptors (Lipinski definition) is 12. The molecule has 2 aromatic heterocycles. The Kier molecular flexibility index (Phi) is 6.96. The Hall–Kier alpha value is -1.32. The number of nitrogen functional groups attached to an aromatic ring is 1. The molecule has 20 heteroatoms. The molecule has 0 saturated carbocycles. The second-order valence-corrected chi connectivity index (χ2v) is 11.1. The zero-order valence-electron chi connectivity index (χ0n) is 16.2. The molecule has 180 valence electrons. The van der Waals surface area contributed by atoms with E-state index < -0.39 is 48.0 Å². The fourth-order valence-electron chi connectivity index (χ4n) is 3.10. The quantitative estimate of drug-likeness (QED) is 0.241. The van der Waals surface area contributed by atoms with Crippen LogP contribution in [0.3, 0.4) is 0 Å². The van der Waals surface area contributed by atoms with Crippen molar-refractivity contribution in [3.8, 4) is 0 Å². The highest BCUT2D eigenvalue weighted by Gasteiger charge is 2.50. The maximum atomic E-state index is 12.0. The second-order valence-electron chi connectivity index (χ2n) is 6.69. The SMILES string of the molecule is CC[C@]1(COP(=O)(O)OP(=O)(O)OP(=O)(O)O)O[C@@H](n2cnc3c(N)ncnc32)C[C@@H]1O. The van der Waals surface area contributed by atoms with Gasteiger partial charge in [0, 0.05) is 6.42 Å². The Balaban J connectivity index is 1.75. The minimum atomic E-state index is -5.67. The number of aromatic nitrogens is 4. The van der Waals surface area contributed by atoms with Crippen molar-refractivity contribution < 1.29 is 56.3 Å². The number of rotatable bonds is 9. The molecule has 3 rings (SSSR count). The molecule has 0 amide bonds. The van der Waals surface area contributed by atoms with Gasteiger partial charge in [0.05, 0.1) is 19.0 Å². The normalized spacial score (nSPS) is 27.9. The van der Waals surface area contributed by atoms with Crippen molar-refractivity contribution >= 4 is 40.4 Å². The number of phosphoric acid groups is 3. The van der Waals surface area contributed by atoms with E-state index in [1.165, 1.54) is 17.2 Å². The van der Waals surface area contributed by atoms with E-state index in [1.54, 1.807) is 6.92 Å². The zero-order valence-corrected chi connectivity index (χ0v) is 18.9. The molecule has 5 atom stereocenters. The highest BCUT2D eigenvalue weighted by atomic mass is 31.3. The molecule has 7 N–H and O–H groups in total. The van der Waals surface area contributed by atoms with Crippen LogP contribution in [0, 0.1) is 0 Å². The Morgan fingerprint density at radius 1 is 1.19 bits per heavy atom. The fourth-order valence-corrected chi connectivity index (χ4v) is 6.18. The predicted octanol–water partition coefficient (Wildman–Crippen LogP) is 0.180. The molecule has 2 unspecified atom stereocenters. The van der Waals surface area contributed by atoms with Gasteiger partial charge in [-0.05, 0) is 6.42 Å². The molecule has 32 heavy (non-hydrogen) atoms. The number of anilines is 1. The van der Waals surface area contributed by atoms with E-state index in [-0.39, 0.29) is 18.7 Å². The van der Waals surface area contributed by atoms with Crippen LogP contribution in [0.15, 0.2) is 12.7 Å². The van der Waals surface area contributed by atoms with Crippen molar-refractivity contribution in [2.45, 2.75) is 37.7 Å². The molecule has 0 aliphatic carbocycles.